The Morgan fingerprint density at radius 2 is 1.87 bits per heavy atom. The van der Waals surface area contributed by atoms with Crippen LogP contribution in [-0.4, -0.2) is 51.8 Å². The zero-order chi connectivity index (χ0) is 16.9. The average molecular weight is 324 g/mol. The molecule has 0 fully saturated rings. The summed E-state index contributed by atoms with van der Waals surface area (Å²) >= 11 is 0. The molecule has 0 atom stereocenters. The number of benzene rings is 1. The van der Waals surface area contributed by atoms with Crippen LogP contribution in [0.2, 0.25) is 0 Å². The molecule has 1 amide bonds. The maximum Gasteiger partial charge on any atom is 0.224 e. The van der Waals surface area contributed by atoms with E-state index >= 15 is 0 Å². The highest BCUT2D eigenvalue weighted by atomic mass is 19.1. The Labute approximate surface area is 136 Å². The van der Waals surface area contributed by atoms with Gasteiger partial charge in [0.2, 0.25) is 5.91 Å². The smallest absolute Gasteiger partial charge is 0.224 e. The average Bonchev–Trinajstić information content (AvgIpc) is 2.54. The van der Waals surface area contributed by atoms with Crippen LogP contribution in [-0.2, 0) is 16.0 Å². The molecule has 7 heteroatoms. The lowest BCUT2D eigenvalue weighted by atomic mass is 10.1. The zero-order valence-electron chi connectivity index (χ0n) is 13.7. The van der Waals surface area contributed by atoms with Crippen LogP contribution in [0.3, 0.4) is 0 Å². The number of hydrogen-bond acceptors (Lipinski definition) is 3. The van der Waals surface area contributed by atoms with E-state index in [0.29, 0.717) is 32.2 Å². The Bertz CT molecular complexity index is 491. The summed E-state index contributed by atoms with van der Waals surface area (Å²) in [5, 5.41) is 9.04. The molecule has 128 valence electrons. The lowest BCUT2D eigenvalue weighted by molar-refractivity contribution is -0.120. The molecule has 1 aromatic rings. The van der Waals surface area contributed by atoms with Crippen molar-refractivity contribution in [2.24, 2.45) is 4.99 Å². The summed E-state index contributed by atoms with van der Waals surface area (Å²) in [5.41, 5.74) is 0.784. The van der Waals surface area contributed by atoms with Crippen LogP contribution in [0.5, 0.6) is 0 Å². The number of methoxy groups -OCH3 is 1. The predicted molar refractivity (Wildman–Crippen MR) is 89.0 cm³/mol. The number of guanidine groups is 1. The second-order valence-corrected chi connectivity index (χ2v) is 4.83. The number of nitrogens with one attached hydrogen (secondary N) is 3. The fourth-order valence-corrected chi connectivity index (χ4v) is 1.82. The Hall–Kier alpha value is -2.15. The number of aliphatic imine (C=N–C) groups is 1. The van der Waals surface area contributed by atoms with Crippen LogP contribution in [0.1, 0.15) is 12.5 Å². The monoisotopic (exact) mass is 324 g/mol. The summed E-state index contributed by atoms with van der Waals surface area (Å²) in [4.78, 5) is 16.1. The molecule has 0 unspecified atom stereocenters. The summed E-state index contributed by atoms with van der Waals surface area (Å²) in [6.45, 7) is 4.92. The molecule has 1 rings (SSSR count). The number of carbonyl (C=O) groups excluding carboxylic acids is 1. The maximum atomic E-state index is 12.8. The van der Waals surface area contributed by atoms with E-state index in [1.165, 1.54) is 12.1 Å². The molecule has 0 saturated carbocycles. The number of hydrogen-bond donors (Lipinski definition) is 3. The standard InChI is InChI=1S/C16H25FN4O2/c1-3-18-16(21-10-11-23-2)20-9-8-19-15(22)12-13-4-6-14(17)7-5-13/h4-7H,3,8-12H2,1-2H3,(H,19,22)(H2,18,20,21). The first-order valence-electron chi connectivity index (χ1n) is 7.68. The molecule has 0 saturated heterocycles. The van der Waals surface area contributed by atoms with Crippen molar-refractivity contribution in [3.63, 3.8) is 0 Å². The second-order valence-electron chi connectivity index (χ2n) is 4.83. The minimum atomic E-state index is -0.304. The second kappa shape index (κ2) is 11.4. The van der Waals surface area contributed by atoms with Gasteiger partial charge in [-0.2, -0.15) is 0 Å². The minimum Gasteiger partial charge on any atom is -0.383 e. The van der Waals surface area contributed by atoms with Gasteiger partial charge in [-0.1, -0.05) is 12.1 Å². The third kappa shape index (κ3) is 8.77. The van der Waals surface area contributed by atoms with E-state index in [-0.39, 0.29) is 18.1 Å². The van der Waals surface area contributed by atoms with Crippen molar-refractivity contribution < 1.29 is 13.9 Å². The van der Waals surface area contributed by atoms with Gasteiger partial charge in [0.25, 0.3) is 0 Å². The van der Waals surface area contributed by atoms with Crippen molar-refractivity contribution >= 4 is 11.9 Å². The number of amides is 1. The molecule has 0 heterocycles. The Balaban J connectivity index is 2.24. The first-order chi connectivity index (χ1) is 11.2. The van der Waals surface area contributed by atoms with Crippen molar-refractivity contribution in [3.8, 4) is 0 Å². The fraction of sp³-hybridized carbons (Fsp3) is 0.500. The van der Waals surface area contributed by atoms with Gasteiger partial charge in [-0.15, -0.1) is 0 Å². The van der Waals surface area contributed by atoms with Gasteiger partial charge in [-0.05, 0) is 24.6 Å². The topological polar surface area (TPSA) is 74.8 Å². The van der Waals surface area contributed by atoms with Crippen LogP contribution < -0.4 is 16.0 Å². The summed E-state index contributed by atoms with van der Waals surface area (Å²) in [5.74, 6) is 0.291. The molecule has 0 radical (unpaired) electrons. The molecular formula is C16H25FN4O2. The molecule has 0 aliphatic heterocycles. The van der Waals surface area contributed by atoms with Crippen LogP contribution in [0, 0.1) is 5.82 Å². The highest BCUT2D eigenvalue weighted by Crippen LogP contribution is 2.03. The van der Waals surface area contributed by atoms with Crippen molar-refractivity contribution in [2.45, 2.75) is 13.3 Å². The van der Waals surface area contributed by atoms with Gasteiger partial charge in [0.15, 0.2) is 5.96 Å². The number of carbonyl (C=O) groups is 1. The molecular weight excluding hydrogens is 299 g/mol. The summed E-state index contributed by atoms with van der Waals surface area (Å²) in [6, 6.07) is 5.92. The molecule has 0 aromatic heterocycles. The van der Waals surface area contributed by atoms with Crippen LogP contribution >= 0.6 is 0 Å². The minimum absolute atomic E-state index is 0.0975. The summed E-state index contributed by atoms with van der Waals surface area (Å²) in [6.07, 6.45) is 0.238. The van der Waals surface area contributed by atoms with Gasteiger partial charge in [0.05, 0.1) is 19.6 Å². The normalized spacial score (nSPS) is 11.2. The van der Waals surface area contributed by atoms with E-state index in [1.807, 2.05) is 6.92 Å². The SMILES string of the molecule is CCNC(=NCCOC)NCCNC(=O)Cc1ccc(F)cc1. The molecule has 0 bridgehead atoms. The lowest BCUT2D eigenvalue weighted by Crippen LogP contribution is -2.42. The molecule has 0 aliphatic rings. The number of rotatable bonds is 9. The van der Waals surface area contributed by atoms with E-state index in [1.54, 1.807) is 19.2 Å². The van der Waals surface area contributed by atoms with Crippen LogP contribution in [0.25, 0.3) is 0 Å². The third-order valence-corrected chi connectivity index (χ3v) is 2.93. The first-order valence-corrected chi connectivity index (χ1v) is 7.68. The third-order valence-electron chi connectivity index (χ3n) is 2.93. The van der Waals surface area contributed by atoms with Crippen molar-refractivity contribution in [1.29, 1.82) is 0 Å². The van der Waals surface area contributed by atoms with Crippen molar-refractivity contribution in [3.05, 3.63) is 35.6 Å². The van der Waals surface area contributed by atoms with E-state index in [4.69, 9.17) is 4.74 Å². The fourth-order valence-electron chi connectivity index (χ4n) is 1.82. The first kappa shape index (κ1) is 18.9. The van der Waals surface area contributed by atoms with Gasteiger partial charge in [0.1, 0.15) is 5.82 Å². The quantitative estimate of drug-likeness (QED) is 0.355. The van der Waals surface area contributed by atoms with Crippen molar-refractivity contribution in [2.75, 3.05) is 39.9 Å². The molecule has 0 spiro atoms. The van der Waals surface area contributed by atoms with Crippen LogP contribution in [0.15, 0.2) is 29.3 Å². The van der Waals surface area contributed by atoms with E-state index in [2.05, 4.69) is 20.9 Å². The lowest BCUT2D eigenvalue weighted by Gasteiger charge is -2.11. The Morgan fingerprint density at radius 3 is 2.52 bits per heavy atom. The Kier molecular flexibility index (Phi) is 9.38. The Morgan fingerprint density at radius 1 is 1.17 bits per heavy atom. The van der Waals surface area contributed by atoms with Crippen LogP contribution in [0.4, 0.5) is 4.39 Å². The van der Waals surface area contributed by atoms with Gasteiger partial charge in [-0.25, -0.2) is 4.39 Å². The molecule has 23 heavy (non-hydrogen) atoms. The van der Waals surface area contributed by atoms with Gasteiger partial charge >= 0.3 is 0 Å². The molecule has 6 nitrogen and oxygen atoms in total. The summed E-state index contributed by atoms with van der Waals surface area (Å²) in [7, 11) is 1.63. The van der Waals surface area contributed by atoms with Gasteiger partial charge < -0.3 is 20.7 Å². The highest BCUT2D eigenvalue weighted by Gasteiger charge is 2.03. The summed E-state index contributed by atoms with van der Waals surface area (Å²) < 4.78 is 17.7. The number of halogens is 1. The molecule has 0 aliphatic carbocycles. The molecule has 1 aromatic carbocycles. The largest absolute Gasteiger partial charge is 0.383 e. The van der Waals surface area contributed by atoms with E-state index in [0.717, 1.165) is 12.1 Å². The number of nitrogens with zero attached hydrogens (tertiary/aromatic N) is 1. The zero-order valence-corrected chi connectivity index (χ0v) is 13.7. The van der Waals surface area contributed by atoms with Crippen molar-refractivity contribution in [1.82, 2.24) is 16.0 Å². The molecule has 3 N–H and O–H groups in total. The van der Waals surface area contributed by atoms with Gasteiger partial charge in [0, 0.05) is 26.7 Å². The number of ether oxygens (including phenoxy) is 1. The van der Waals surface area contributed by atoms with E-state index < -0.39 is 0 Å². The highest BCUT2D eigenvalue weighted by molar-refractivity contribution is 5.80. The predicted octanol–water partition coefficient (Wildman–Crippen LogP) is 0.686. The van der Waals surface area contributed by atoms with E-state index in [9.17, 15) is 9.18 Å². The maximum absolute atomic E-state index is 12.8. The van der Waals surface area contributed by atoms with Gasteiger partial charge in [-0.3, -0.25) is 9.79 Å².